The van der Waals surface area contributed by atoms with Gasteiger partial charge in [-0.2, -0.15) is 0 Å². The van der Waals surface area contributed by atoms with Crippen LogP contribution in [-0.2, 0) is 0 Å². The minimum absolute atomic E-state index is 0.109. The van der Waals surface area contributed by atoms with Crippen LogP contribution in [0.2, 0.25) is 0 Å². The van der Waals surface area contributed by atoms with Crippen LogP contribution in [0, 0.1) is 0 Å². The van der Waals surface area contributed by atoms with E-state index in [0.717, 1.165) is 28.1 Å². The Hall–Kier alpha value is -1.46. The van der Waals surface area contributed by atoms with Gasteiger partial charge in [0.1, 0.15) is 0 Å². The maximum Gasteiger partial charge on any atom is 0.151 e. The van der Waals surface area contributed by atoms with Crippen molar-refractivity contribution in [3.63, 3.8) is 0 Å². The predicted octanol–water partition coefficient (Wildman–Crippen LogP) is 2.69. The SMILES string of the molecule is CC(N)CN(C)c1ccc(-c2ccc(Br)cc2)nn1. The fourth-order valence-corrected chi connectivity index (χ4v) is 2.09. The van der Waals surface area contributed by atoms with E-state index < -0.39 is 0 Å². The van der Waals surface area contributed by atoms with Gasteiger partial charge in [-0.15, -0.1) is 10.2 Å². The van der Waals surface area contributed by atoms with Gasteiger partial charge < -0.3 is 10.6 Å². The number of hydrogen-bond donors (Lipinski definition) is 1. The van der Waals surface area contributed by atoms with E-state index in [1.165, 1.54) is 0 Å². The Labute approximate surface area is 121 Å². The largest absolute Gasteiger partial charge is 0.357 e. The third-order valence-electron chi connectivity index (χ3n) is 2.74. The highest BCUT2D eigenvalue weighted by Gasteiger charge is 2.06. The number of anilines is 1. The standard InChI is InChI=1S/C14H17BrN4/c1-10(16)9-19(2)14-8-7-13(17-18-14)11-3-5-12(15)6-4-11/h3-8,10H,9,16H2,1-2H3. The van der Waals surface area contributed by atoms with Crippen molar-refractivity contribution in [1.29, 1.82) is 0 Å². The first-order chi connectivity index (χ1) is 9.06. The molecule has 19 heavy (non-hydrogen) atoms. The molecule has 5 heteroatoms. The summed E-state index contributed by atoms with van der Waals surface area (Å²) in [4.78, 5) is 2.00. The smallest absolute Gasteiger partial charge is 0.151 e. The Balaban J connectivity index is 2.16. The molecule has 1 aromatic carbocycles. The predicted molar refractivity (Wildman–Crippen MR) is 82.1 cm³/mol. The van der Waals surface area contributed by atoms with E-state index >= 15 is 0 Å². The van der Waals surface area contributed by atoms with Crippen LogP contribution in [0.3, 0.4) is 0 Å². The Bertz CT molecular complexity index is 522. The molecule has 0 spiro atoms. The summed E-state index contributed by atoms with van der Waals surface area (Å²) in [7, 11) is 1.96. The van der Waals surface area contributed by atoms with Gasteiger partial charge in [0.25, 0.3) is 0 Å². The Morgan fingerprint density at radius 1 is 1.16 bits per heavy atom. The molecule has 1 aromatic heterocycles. The normalized spacial score (nSPS) is 12.2. The van der Waals surface area contributed by atoms with Crippen molar-refractivity contribution in [3.05, 3.63) is 40.9 Å². The van der Waals surface area contributed by atoms with Crippen LogP contribution in [0.15, 0.2) is 40.9 Å². The summed E-state index contributed by atoms with van der Waals surface area (Å²) in [5.41, 5.74) is 7.69. The van der Waals surface area contributed by atoms with Gasteiger partial charge in [0.05, 0.1) is 5.69 Å². The van der Waals surface area contributed by atoms with Gasteiger partial charge in [0.15, 0.2) is 5.82 Å². The number of aromatic nitrogens is 2. The molecule has 1 unspecified atom stereocenters. The first-order valence-corrected chi connectivity index (χ1v) is 6.92. The zero-order valence-corrected chi connectivity index (χ0v) is 12.6. The Kier molecular flexibility index (Phi) is 4.50. The van der Waals surface area contributed by atoms with Gasteiger partial charge in [0, 0.05) is 29.7 Å². The van der Waals surface area contributed by atoms with Gasteiger partial charge in [-0.25, -0.2) is 0 Å². The first-order valence-electron chi connectivity index (χ1n) is 6.12. The maximum absolute atomic E-state index is 5.77. The van der Waals surface area contributed by atoms with Crippen molar-refractivity contribution < 1.29 is 0 Å². The van der Waals surface area contributed by atoms with Crippen molar-refractivity contribution in [3.8, 4) is 11.3 Å². The van der Waals surface area contributed by atoms with Gasteiger partial charge in [-0.05, 0) is 31.2 Å². The van der Waals surface area contributed by atoms with Crippen LogP contribution in [0.25, 0.3) is 11.3 Å². The molecule has 0 bridgehead atoms. The average molecular weight is 321 g/mol. The van der Waals surface area contributed by atoms with Crippen molar-refractivity contribution >= 4 is 21.7 Å². The van der Waals surface area contributed by atoms with Crippen molar-refractivity contribution in [1.82, 2.24) is 10.2 Å². The lowest BCUT2D eigenvalue weighted by Gasteiger charge is -2.19. The summed E-state index contributed by atoms with van der Waals surface area (Å²) in [5, 5.41) is 8.50. The van der Waals surface area contributed by atoms with Gasteiger partial charge in [-0.1, -0.05) is 28.1 Å². The van der Waals surface area contributed by atoms with E-state index in [4.69, 9.17) is 5.73 Å². The second-order valence-electron chi connectivity index (χ2n) is 4.64. The molecule has 0 radical (unpaired) electrons. The summed E-state index contributed by atoms with van der Waals surface area (Å²) < 4.78 is 1.05. The summed E-state index contributed by atoms with van der Waals surface area (Å²) in [6.45, 7) is 2.73. The lowest BCUT2D eigenvalue weighted by molar-refractivity contribution is 0.708. The van der Waals surface area contributed by atoms with Crippen LogP contribution in [0.4, 0.5) is 5.82 Å². The summed E-state index contributed by atoms with van der Waals surface area (Å²) in [5.74, 6) is 0.832. The van der Waals surface area contributed by atoms with Crippen LogP contribution in [0.5, 0.6) is 0 Å². The minimum atomic E-state index is 0.109. The van der Waals surface area contributed by atoms with Gasteiger partial charge >= 0.3 is 0 Å². The van der Waals surface area contributed by atoms with Crippen molar-refractivity contribution in [2.75, 3.05) is 18.5 Å². The molecule has 2 aromatic rings. The zero-order chi connectivity index (χ0) is 13.8. The maximum atomic E-state index is 5.77. The molecule has 0 fully saturated rings. The van der Waals surface area contributed by atoms with Crippen molar-refractivity contribution in [2.24, 2.45) is 5.73 Å². The van der Waals surface area contributed by atoms with E-state index in [0.29, 0.717) is 0 Å². The fraction of sp³-hybridized carbons (Fsp3) is 0.286. The molecule has 1 atom stereocenters. The summed E-state index contributed by atoms with van der Waals surface area (Å²) in [6, 6.07) is 12.1. The molecule has 0 aliphatic carbocycles. The van der Waals surface area contributed by atoms with Crippen LogP contribution in [0.1, 0.15) is 6.92 Å². The van der Waals surface area contributed by atoms with Gasteiger partial charge in [0.2, 0.25) is 0 Å². The van der Waals surface area contributed by atoms with E-state index in [1.807, 2.05) is 55.3 Å². The second-order valence-corrected chi connectivity index (χ2v) is 5.56. The Morgan fingerprint density at radius 2 is 1.84 bits per heavy atom. The topological polar surface area (TPSA) is 55.0 Å². The molecular formula is C14H17BrN4. The summed E-state index contributed by atoms with van der Waals surface area (Å²) >= 11 is 3.42. The molecule has 0 saturated carbocycles. The lowest BCUT2D eigenvalue weighted by Crippen LogP contribution is -2.33. The summed E-state index contributed by atoms with van der Waals surface area (Å²) in [6.07, 6.45) is 0. The minimum Gasteiger partial charge on any atom is -0.357 e. The fourth-order valence-electron chi connectivity index (χ4n) is 1.83. The molecule has 4 nitrogen and oxygen atoms in total. The number of halogens is 1. The lowest BCUT2D eigenvalue weighted by atomic mass is 10.1. The third kappa shape index (κ3) is 3.75. The molecule has 0 aliphatic heterocycles. The van der Waals surface area contributed by atoms with Gasteiger partial charge in [-0.3, -0.25) is 0 Å². The second kappa shape index (κ2) is 6.12. The van der Waals surface area contributed by atoms with E-state index in [2.05, 4.69) is 26.1 Å². The number of hydrogen-bond acceptors (Lipinski definition) is 4. The van der Waals surface area contributed by atoms with E-state index in [1.54, 1.807) is 0 Å². The molecular weight excluding hydrogens is 304 g/mol. The highest BCUT2D eigenvalue weighted by molar-refractivity contribution is 9.10. The van der Waals surface area contributed by atoms with E-state index in [9.17, 15) is 0 Å². The highest BCUT2D eigenvalue weighted by atomic mass is 79.9. The number of nitrogens with zero attached hydrogens (tertiary/aromatic N) is 3. The van der Waals surface area contributed by atoms with Crippen LogP contribution >= 0.6 is 15.9 Å². The monoisotopic (exact) mass is 320 g/mol. The molecule has 0 aliphatic rings. The molecule has 0 amide bonds. The Morgan fingerprint density at radius 3 is 2.37 bits per heavy atom. The molecule has 2 rings (SSSR count). The number of nitrogens with two attached hydrogens (primary N) is 1. The quantitative estimate of drug-likeness (QED) is 0.941. The molecule has 100 valence electrons. The van der Waals surface area contributed by atoms with Crippen LogP contribution < -0.4 is 10.6 Å². The number of likely N-dealkylation sites (N-methyl/N-ethyl adjacent to an activating group) is 1. The van der Waals surface area contributed by atoms with Crippen LogP contribution in [-0.4, -0.2) is 29.8 Å². The molecule has 2 N–H and O–H groups in total. The molecule has 1 heterocycles. The highest BCUT2D eigenvalue weighted by Crippen LogP contribution is 2.20. The van der Waals surface area contributed by atoms with E-state index in [-0.39, 0.29) is 6.04 Å². The number of benzene rings is 1. The average Bonchev–Trinajstić information content (AvgIpc) is 2.39. The first kappa shape index (κ1) is 14.0. The number of rotatable bonds is 4. The third-order valence-corrected chi connectivity index (χ3v) is 3.27. The zero-order valence-electron chi connectivity index (χ0n) is 11.0. The van der Waals surface area contributed by atoms with Crippen molar-refractivity contribution in [2.45, 2.75) is 13.0 Å². The molecule has 0 saturated heterocycles.